The van der Waals surface area contributed by atoms with Crippen LogP contribution in [0.3, 0.4) is 0 Å². The molecular weight excluding hydrogens is 737 g/mol. The minimum atomic E-state index is -1.05. The summed E-state index contributed by atoms with van der Waals surface area (Å²) in [6, 6.07) is 22.2. The number of aliphatic imine (C=N–C) groups is 1. The zero-order chi connectivity index (χ0) is 40.8. The number of aryl methyl sites for hydroxylation is 1. The van der Waals surface area contributed by atoms with Gasteiger partial charge in [0.1, 0.15) is 18.0 Å². The Morgan fingerprint density at radius 3 is 2.71 bits per heavy atom. The second-order valence-corrected chi connectivity index (χ2v) is 16.8. The van der Waals surface area contributed by atoms with Gasteiger partial charge in [-0.15, -0.1) is 0 Å². The number of carbonyl (C=O) groups excluding carboxylic acids is 1. The van der Waals surface area contributed by atoms with Gasteiger partial charge in [-0.1, -0.05) is 111 Å². The van der Waals surface area contributed by atoms with Crippen LogP contribution in [0.1, 0.15) is 111 Å². The average Bonchev–Trinajstić information content (AvgIpc) is 3.99. The lowest BCUT2D eigenvalue weighted by Crippen LogP contribution is -2.47. The van der Waals surface area contributed by atoms with Gasteiger partial charge in [-0.25, -0.2) is 0 Å². The summed E-state index contributed by atoms with van der Waals surface area (Å²) in [6.45, 7) is 3.40. The molecule has 5 atom stereocenters. The number of aliphatic hydroxyl groups is 2. The van der Waals surface area contributed by atoms with E-state index in [0.29, 0.717) is 43.7 Å². The van der Waals surface area contributed by atoms with Crippen LogP contribution in [0.25, 0.3) is 0 Å². The zero-order valence-corrected chi connectivity index (χ0v) is 34.1. The average molecular weight is 793 g/mol. The van der Waals surface area contributed by atoms with Crippen molar-refractivity contribution in [1.82, 2.24) is 10.2 Å². The van der Waals surface area contributed by atoms with Crippen LogP contribution in [0, 0.1) is 35.2 Å². The fraction of sp³-hybridized carbons (Fsp3) is 0.440. The van der Waals surface area contributed by atoms with Crippen molar-refractivity contribution < 1.29 is 24.5 Å². The van der Waals surface area contributed by atoms with E-state index in [9.17, 15) is 15.0 Å². The van der Waals surface area contributed by atoms with Crippen molar-refractivity contribution in [3.05, 3.63) is 118 Å². The number of unbranched alkanes of at least 4 members (excludes halogenated alkanes) is 2. The molecule has 59 heavy (non-hydrogen) atoms. The molecule has 0 unspecified atom stereocenters. The summed E-state index contributed by atoms with van der Waals surface area (Å²) >= 11 is 0. The lowest BCUT2D eigenvalue weighted by atomic mass is 9.73. The Hall–Kier alpha value is -5.16. The molecule has 5 N–H and O–H groups in total. The first-order valence-electron chi connectivity index (χ1n) is 21.6. The number of nitrogens with zero attached hydrogens (tertiary/aromatic N) is 2. The van der Waals surface area contributed by atoms with E-state index in [1.165, 1.54) is 5.56 Å². The fourth-order valence-corrected chi connectivity index (χ4v) is 9.18. The molecule has 1 spiro atoms. The van der Waals surface area contributed by atoms with Crippen LogP contribution < -0.4 is 20.5 Å². The number of Topliss-reactive ketones (excluding diaryl/α,β-unsaturated/α-hetero) is 1. The maximum atomic E-state index is 12.9. The van der Waals surface area contributed by atoms with Crippen LogP contribution in [-0.4, -0.2) is 52.0 Å². The van der Waals surface area contributed by atoms with Crippen molar-refractivity contribution in [2.45, 2.75) is 115 Å². The predicted molar refractivity (Wildman–Crippen MR) is 230 cm³/mol. The summed E-state index contributed by atoms with van der Waals surface area (Å²) in [5.74, 6) is 11.1. The molecule has 4 aliphatic heterocycles. The molecular formula is C50H56N4O5. The second kappa shape index (κ2) is 18.4. The monoisotopic (exact) mass is 792 g/mol. The summed E-state index contributed by atoms with van der Waals surface area (Å²) in [7, 11) is 0. The molecule has 0 amide bonds. The van der Waals surface area contributed by atoms with Crippen molar-refractivity contribution in [1.29, 1.82) is 0 Å². The molecule has 1 aliphatic carbocycles. The number of benzene rings is 3. The molecule has 1 fully saturated rings. The summed E-state index contributed by atoms with van der Waals surface area (Å²) in [5, 5.41) is 25.8. The highest BCUT2D eigenvalue weighted by molar-refractivity contribution is 6.09. The first-order chi connectivity index (χ1) is 28.8. The fourth-order valence-electron chi connectivity index (χ4n) is 9.18. The second-order valence-electron chi connectivity index (χ2n) is 16.8. The van der Waals surface area contributed by atoms with Crippen molar-refractivity contribution in [2.24, 2.45) is 22.1 Å². The molecule has 1 saturated carbocycles. The largest absolute Gasteiger partial charge is 0.465 e. The van der Waals surface area contributed by atoms with Gasteiger partial charge >= 0.3 is 0 Å². The highest BCUT2D eigenvalue weighted by Crippen LogP contribution is 2.49. The van der Waals surface area contributed by atoms with Crippen molar-refractivity contribution in [2.75, 3.05) is 13.1 Å². The normalized spacial score (nSPS) is 21.9. The van der Waals surface area contributed by atoms with Gasteiger partial charge < -0.3 is 30.3 Å². The molecule has 0 saturated heterocycles. The van der Waals surface area contributed by atoms with Crippen LogP contribution >= 0.6 is 0 Å². The highest BCUT2D eigenvalue weighted by atomic mass is 16.5. The Balaban J connectivity index is 1.09. The molecule has 2 bridgehead atoms. The minimum absolute atomic E-state index is 0.0491. The van der Waals surface area contributed by atoms with Gasteiger partial charge in [-0.05, 0) is 77.6 Å². The number of hydrogen-bond donors (Lipinski definition) is 4. The third-order valence-corrected chi connectivity index (χ3v) is 12.6. The maximum Gasteiger partial charge on any atom is 0.187 e. The SMILES string of the molecule is CCCCC[C@@H](O)CC(=O)CCc1ccc2c(c1)O[C@@H]1[C@@H](C#C[C@H](O)c3ccc([C@H](N)NCCc4ccccc4)cc3CC3=CN=C4CN1C=C34)C1(C#CO2)CCCC1. The quantitative estimate of drug-likeness (QED) is 0.0757. The lowest BCUT2D eigenvalue weighted by molar-refractivity contribution is -0.121. The van der Waals surface area contributed by atoms with E-state index < -0.39 is 29.8 Å². The molecule has 3 aromatic carbocycles. The molecule has 0 radical (unpaired) electrons. The molecule has 4 heterocycles. The number of hydrogen-bond acceptors (Lipinski definition) is 9. The lowest BCUT2D eigenvalue weighted by Gasteiger charge is -2.39. The molecule has 3 aromatic rings. The van der Waals surface area contributed by atoms with E-state index in [1.54, 1.807) is 0 Å². The smallest absolute Gasteiger partial charge is 0.187 e. The number of ketones is 1. The van der Waals surface area contributed by atoms with Crippen molar-refractivity contribution in [3.8, 4) is 35.4 Å². The highest BCUT2D eigenvalue weighted by Gasteiger charge is 2.48. The maximum absolute atomic E-state index is 12.9. The number of carbonyl (C=O) groups is 1. The summed E-state index contributed by atoms with van der Waals surface area (Å²) in [6.07, 6.45) is 14.4. The zero-order valence-electron chi connectivity index (χ0n) is 34.1. The minimum Gasteiger partial charge on any atom is -0.465 e. The number of nitrogens with two attached hydrogens (primary N) is 1. The molecule has 9 heteroatoms. The van der Waals surface area contributed by atoms with Gasteiger partial charge in [0.05, 0.1) is 35.9 Å². The van der Waals surface area contributed by atoms with Crippen LogP contribution in [-0.2, 0) is 24.1 Å². The number of nitrogens with one attached hydrogen (secondary N) is 1. The third kappa shape index (κ3) is 9.35. The van der Waals surface area contributed by atoms with Crippen LogP contribution in [0.2, 0.25) is 0 Å². The molecule has 0 aromatic heterocycles. The summed E-state index contributed by atoms with van der Waals surface area (Å²) in [4.78, 5) is 20.0. The Morgan fingerprint density at radius 1 is 1.03 bits per heavy atom. The first-order valence-corrected chi connectivity index (χ1v) is 21.6. The Bertz CT molecular complexity index is 2230. The predicted octanol–water partition coefficient (Wildman–Crippen LogP) is 7.38. The van der Waals surface area contributed by atoms with Gasteiger partial charge in [-0.3, -0.25) is 15.1 Å². The molecule has 5 aliphatic rings. The van der Waals surface area contributed by atoms with E-state index in [2.05, 4.69) is 65.4 Å². The van der Waals surface area contributed by atoms with Crippen molar-refractivity contribution in [3.63, 3.8) is 0 Å². The topological polar surface area (TPSA) is 130 Å². The van der Waals surface area contributed by atoms with Crippen molar-refractivity contribution >= 4 is 11.5 Å². The van der Waals surface area contributed by atoms with E-state index >= 15 is 0 Å². The molecule has 8 rings (SSSR count). The van der Waals surface area contributed by atoms with Gasteiger partial charge in [0, 0.05) is 43.8 Å². The number of fused-ring (bicyclic) bond motifs is 6. The first kappa shape index (κ1) is 40.6. The van der Waals surface area contributed by atoms with Gasteiger partial charge in [0.2, 0.25) is 0 Å². The summed E-state index contributed by atoms with van der Waals surface area (Å²) in [5.41, 5.74) is 14.1. The Labute approximate surface area is 348 Å². The number of rotatable bonds is 14. The number of aliphatic hydroxyl groups excluding tert-OH is 2. The van der Waals surface area contributed by atoms with Gasteiger partial charge in [0.15, 0.2) is 17.7 Å². The van der Waals surface area contributed by atoms with Gasteiger partial charge in [0.25, 0.3) is 0 Å². The van der Waals surface area contributed by atoms with E-state index in [4.69, 9.17) is 20.2 Å². The van der Waals surface area contributed by atoms with E-state index in [1.807, 2.05) is 54.7 Å². The van der Waals surface area contributed by atoms with Crippen LogP contribution in [0.15, 0.2) is 95.3 Å². The van der Waals surface area contributed by atoms with Crippen LogP contribution in [0.5, 0.6) is 11.5 Å². The van der Waals surface area contributed by atoms with Crippen LogP contribution in [0.4, 0.5) is 0 Å². The Morgan fingerprint density at radius 2 is 1.88 bits per heavy atom. The van der Waals surface area contributed by atoms with E-state index in [0.717, 1.165) is 97.0 Å². The third-order valence-electron chi connectivity index (χ3n) is 12.6. The summed E-state index contributed by atoms with van der Waals surface area (Å²) < 4.78 is 13.2. The molecule has 306 valence electrons. The number of ether oxygens (including phenoxy) is 2. The number of allylic oxidation sites excluding steroid dienone is 1. The standard InChI is InChI=1S/C50H56N4O5/c1-2-3-5-12-39(55)30-40(56)16-13-35-14-20-46-47(27-35)59-49-43(50(24-26-58-46)22-8-9-23-50)18-19-45(57)41-17-15-36(48(51)52-25-21-34-10-6-4-7-11-34)28-37(41)29-38-31-53-44-33-54(49)32-42(38)44/h4,6-7,10-11,14-15,17,20,27-28,31-32,39,43,45,48-49,52,55,57H,2-3,5,8-9,12-13,16,21-23,25,29-30,33,51H2,1H3/t39-,43-,45+,48-,49-/m1/s1. The Kier molecular flexibility index (Phi) is 12.7. The van der Waals surface area contributed by atoms with E-state index in [-0.39, 0.29) is 18.4 Å². The molecule has 9 nitrogen and oxygen atoms in total. The van der Waals surface area contributed by atoms with Gasteiger partial charge in [-0.2, -0.15) is 0 Å².